The molecule has 0 radical (unpaired) electrons. The van der Waals surface area contributed by atoms with Crippen LogP contribution in [0.4, 0.5) is 5.69 Å². The summed E-state index contributed by atoms with van der Waals surface area (Å²) in [7, 11) is 3.33. The smallest absolute Gasteiger partial charge is 0.271 e. The molecule has 5 rings (SSSR count). The number of nitrogens with zero attached hydrogens (tertiary/aromatic N) is 3. The molecule has 1 heterocycles. The fourth-order valence-electron chi connectivity index (χ4n) is 4.44. The van der Waals surface area contributed by atoms with Crippen molar-refractivity contribution in [3.05, 3.63) is 125 Å². The number of rotatable bonds is 8. The summed E-state index contributed by atoms with van der Waals surface area (Å²) in [4.78, 5) is 12.3. The predicted molar refractivity (Wildman–Crippen MR) is 155 cm³/mol. The van der Waals surface area contributed by atoms with Gasteiger partial charge in [-0.25, -0.2) is 5.43 Å². The summed E-state index contributed by atoms with van der Waals surface area (Å²) in [5, 5.41) is 11.2. The Labute approximate surface area is 228 Å². The number of carbonyl (C=O) groups excluding carboxylic acids is 1. The quantitative estimate of drug-likeness (QED) is 0.225. The van der Waals surface area contributed by atoms with E-state index in [0.717, 1.165) is 51.6 Å². The van der Waals surface area contributed by atoms with Crippen molar-refractivity contribution in [3.63, 3.8) is 0 Å². The molecule has 0 saturated heterocycles. The molecule has 0 bridgehead atoms. The minimum absolute atomic E-state index is 0.0290. The standard InChI is InChI=1S/C32H30N4O3/c1-22-4-8-26(9-5-22)32(37)34-33-21-23-6-14-27(15-7-23)36-31(25-12-18-29(39-3)19-13-25)20-30(35-36)24-10-16-28(38-2)17-11-24/h4-19,21,31H,20H2,1-3H3,(H,34,37)/b33-21+. The lowest BCUT2D eigenvalue weighted by molar-refractivity contribution is 0.0955. The summed E-state index contributed by atoms with van der Waals surface area (Å²) in [5.74, 6) is 1.38. The van der Waals surface area contributed by atoms with E-state index in [1.54, 1.807) is 32.6 Å². The molecule has 39 heavy (non-hydrogen) atoms. The Morgan fingerprint density at radius 1 is 0.872 bits per heavy atom. The number of nitrogens with one attached hydrogen (secondary N) is 1. The Bertz CT molecular complexity index is 1480. The van der Waals surface area contributed by atoms with Gasteiger partial charge in [-0.05, 0) is 84.3 Å². The zero-order valence-electron chi connectivity index (χ0n) is 22.2. The van der Waals surface area contributed by atoms with E-state index < -0.39 is 0 Å². The van der Waals surface area contributed by atoms with Gasteiger partial charge in [0.1, 0.15) is 11.5 Å². The Morgan fingerprint density at radius 3 is 2.10 bits per heavy atom. The van der Waals surface area contributed by atoms with Crippen LogP contribution in [0.2, 0.25) is 0 Å². The summed E-state index contributed by atoms with van der Waals surface area (Å²) >= 11 is 0. The maximum atomic E-state index is 12.3. The van der Waals surface area contributed by atoms with Gasteiger partial charge in [-0.15, -0.1) is 0 Å². The van der Waals surface area contributed by atoms with Crippen molar-refractivity contribution >= 4 is 23.5 Å². The molecule has 0 aromatic heterocycles. The molecule has 1 amide bonds. The van der Waals surface area contributed by atoms with Gasteiger partial charge in [0.05, 0.1) is 37.9 Å². The minimum Gasteiger partial charge on any atom is -0.497 e. The van der Waals surface area contributed by atoms with Crippen LogP contribution >= 0.6 is 0 Å². The van der Waals surface area contributed by atoms with Crippen molar-refractivity contribution in [1.82, 2.24) is 5.43 Å². The van der Waals surface area contributed by atoms with Crippen LogP contribution in [-0.4, -0.2) is 32.1 Å². The van der Waals surface area contributed by atoms with E-state index in [1.807, 2.05) is 79.7 Å². The Kier molecular flexibility index (Phi) is 7.68. The van der Waals surface area contributed by atoms with Gasteiger partial charge in [-0.3, -0.25) is 9.80 Å². The van der Waals surface area contributed by atoms with Gasteiger partial charge in [0.2, 0.25) is 0 Å². The molecule has 7 nitrogen and oxygen atoms in total. The van der Waals surface area contributed by atoms with Gasteiger partial charge in [0.15, 0.2) is 0 Å². The first-order valence-corrected chi connectivity index (χ1v) is 12.7. The van der Waals surface area contributed by atoms with Crippen LogP contribution in [0.15, 0.2) is 107 Å². The van der Waals surface area contributed by atoms with E-state index in [1.165, 1.54) is 0 Å². The van der Waals surface area contributed by atoms with E-state index in [0.29, 0.717) is 5.56 Å². The molecule has 0 saturated carbocycles. The Morgan fingerprint density at radius 2 is 1.49 bits per heavy atom. The second-order valence-electron chi connectivity index (χ2n) is 9.27. The summed E-state index contributed by atoms with van der Waals surface area (Å²) in [6.45, 7) is 1.98. The van der Waals surface area contributed by atoms with Crippen molar-refractivity contribution in [3.8, 4) is 11.5 Å². The van der Waals surface area contributed by atoms with Crippen molar-refractivity contribution in [2.75, 3.05) is 19.2 Å². The summed E-state index contributed by atoms with van der Waals surface area (Å²) in [6, 6.07) is 31.4. The van der Waals surface area contributed by atoms with Crippen LogP contribution in [-0.2, 0) is 0 Å². The third-order valence-corrected chi connectivity index (χ3v) is 6.69. The number of aryl methyl sites for hydroxylation is 1. The molecule has 7 heteroatoms. The van der Waals surface area contributed by atoms with Crippen molar-refractivity contribution in [1.29, 1.82) is 0 Å². The molecule has 0 fully saturated rings. The molecule has 196 valence electrons. The first kappa shape index (κ1) is 25.7. The van der Waals surface area contributed by atoms with Crippen LogP contribution in [0.25, 0.3) is 0 Å². The van der Waals surface area contributed by atoms with E-state index in [4.69, 9.17) is 14.6 Å². The fourth-order valence-corrected chi connectivity index (χ4v) is 4.44. The lowest BCUT2D eigenvalue weighted by Crippen LogP contribution is -2.18. The van der Waals surface area contributed by atoms with Gasteiger partial charge in [0.25, 0.3) is 5.91 Å². The monoisotopic (exact) mass is 518 g/mol. The number of hydrazone groups is 2. The van der Waals surface area contributed by atoms with Gasteiger partial charge < -0.3 is 9.47 Å². The number of hydrogen-bond donors (Lipinski definition) is 1. The van der Waals surface area contributed by atoms with Crippen molar-refractivity contribution in [2.24, 2.45) is 10.2 Å². The summed E-state index contributed by atoms with van der Waals surface area (Å²) in [6.07, 6.45) is 2.39. The molecule has 4 aromatic rings. The summed E-state index contributed by atoms with van der Waals surface area (Å²) in [5.41, 5.74) is 9.28. The first-order valence-electron chi connectivity index (χ1n) is 12.7. The number of hydrogen-bond acceptors (Lipinski definition) is 6. The van der Waals surface area contributed by atoms with E-state index in [2.05, 4.69) is 27.7 Å². The van der Waals surface area contributed by atoms with E-state index in [9.17, 15) is 4.79 Å². The molecule has 1 aliphatic heterocycles. The third-order valence-electron chi connectivity index (χ3n) is 6.69. The second-order valence-corrected chi connectivity index (χ2v) is 9.27. The molecular weight excluding hydrogens is 488 g/mol. The highest BCUT2D eigenvalue weighted by Crippen LogP contribution is 2.37. The van der Waals surface area contributed by atoms with E-state index >= 15 is 0 Å². The number of methoxy groups -OCH3 is 2. The van der Waals surface area contributed by atoms with Crippen LogP contribution in [0.5, 0.6) is 11.5 Å². The molecule has 0 aliphatic carbocycles. The lowest BCUT2D eigenvalue weighted by Gasteiger charge is -2.24. The average molecular weight is 519 g/mol. The lowest BCUT2D eigenvalue weighted by atomic mass is 9.98. The van der Waals surface area contributed by atoms with Crippen molar-refractivity contribution in [2.45, 2.75) is 19.4 Å². The number of amides is 1. The maximum Gasteiger partial charge on any atom is 0.271 e. The first-order chi connectivity index (χ1) is 19.0. The van der Waals surface area contributed by atoms with Crippen LogP contribution < -0.4 is 19.9 Å². The molecule has 4 aromatic carbocycles. The van der Waals surface area contributed by atoms with Crippen LogP contribution in [0.3, 0.4) is 0 Å². The SMILES string of the molecule is COc1ccc(C2=NN(c3ccc(/C=N/NC(=O)c4ccc(C)cc4)cc3)C(c3ccc(OC)cc3)C2)cc1. The van der Waals surface area contributed by atoms with Gasteiger partial charge >= 0.3 is 0 Å². The number of ether oxygens (including phenoxy) is 2. The number of carbonyl (C=O) groups is 1. The zero-order chi connectivity index (χ0) is 27.2. The number of anilines is 1. The third kappa shape index (κ3) is 5.99. The molecule has 1 atom stereocenters. The molecular formula is C32H30N4O3. The number of benzene rings is 4. The largest absolute Gasteiger partial charge is 0.497 e. The maximum absolute atomic E-state index is 12.3. The summed E-state index contributed by atoms with van der Waals surface area (Å²) < 4.78 is 10.7. The molecule has 0 spiro atoms. The van der Waals surface area contributed by atoms with Gasteiger partial charge in [-0.1, -0.05) is 42.0 Å². The van der Waals surface area contributed by atoms with E-state index in [-0.39, 0.29) is 11.9 Å². The Hall–Kier alpha value is -4.91. The highest BCUT2D eigenvalue weighted by atomic mass is 16.5. The Balaban J connectivity index is 1.35. The van der Waals surface area contributed by atoms with Crippen molar-refractivity contribution < 1.29 is 14.3 Å². The van der Waals surface area contributed by atoms with Crippen LogP contribution in [0.1, 0.15) is 45.1 Å². The fraction of sp³-hybridized carbons (Fsp3) is 0.156. The molecule has 1 unspecified atom stereocenters. The normalized spacial score (nSPS) is 14.8. The highest BCUT2D eigenvalue weighted by Gasteiger charge is 2.30. The van der Waals surface area contributed by atoms with Crippen LogP contribution in [0, 0.1) is 6.92 Å². The second kappa shape index (κ2) is 11.6. The minimum atomic E-state index is -0.248. The predicted octanol–water partition coefficient (Wildman–Crippen LogP) is 6.13. The zero-order valence-corrected chi connectivity index (χ0v) is 22.2. The highest BCUT2D eigenvalue weighted by molar-refractivity contribution is 6.03. The van der Waals surface area contributed by atoms with Gasteiger partial charge in [0, 0.05) is 12.0 Å². The average Bonchev–Trinajstić information content (AvgIpc) is 3.43. The van der Waals surface area contributed by atoms with Gasteiger partial charge in [-0.2, -0.15) is 10.2 Å². The molecule has 1 N–H and O–H groups in total. The topological polar surface area (TPSA) is 75.5 Å². The molecule has 1 aliphatic rings.